The summed E-state index contributed by atoms with van der Waals surface area (Å²) in [6, 6.07) is 1.44. The Bertz CT molecular complexity index is 546. The largest absolute Gasteiger partial charge is 0.390 e. The molecule has 0 aromatic carbocycles. The molecule has 0 aliphatic rings. The van der Waals surface area contributed by atoms with Crippen LogP contribution in [0.1, 0.15) is 20.3 Å². The van der Waals surface area contributed by atoms with E-state index in [4.69, 9.17) is 0 Å². The van der Waals surface area contributed by atoms with Crippen LogP contribution in [-0.4, -0.2) is 32.2 Å². The Kier molecular flexibility index (Phi) is 5.35. The van der Waals surface area contributed by atoms with E-state index in [0.29, 0.717) is 6.54 Å². The SMILES string of the molecule is CCNc1ncccc1S(=O)(=O)NC(C)CC(F)(F)F. The van der Waals surface area contributed by atoms with Gasteiger partial charge in [-0.05, 0) is 26.0 Å². The summed E-state index contributed by atoms with van der Waals surface area (Å²) in [6.45, 7) is 3.36. The Morgan fingerprint density at radius 3 is 2.60 bits per heavy atom. The minimum absolute atomic E-state index is 0.113. The van der Waals surface area contributed by atoms with Crippen LogP contribution >= 0.6 is 0 Å². The summed E-state index contributed by atoms with van der Waals surface area (Å²) in [5.74, 6) is 0.113. The Hall–Kier alpha value is -1.35. The molecule has 5 nitrogen and oxygen atoms in total. The molecular weight excluding hydrogens is 295 g/mol. The van der Waals surface area contributed by atoms with Gasteiger partial charge in [0.1, 0.15) is 10.7 Å². The highest BCUT2D eigenvalue weighted by Crippen LogP contribution is 2.23. The topological polar surface area (TPSA) is 71.1 Å². The van der Waals surface area contributed by atoms with Crippen molar-refractivity contribution in [3.63, 3.8) is 0 Å². The fourth-order valence-electron chi connectivity index (χ4n) is 1.62. The molecule has 0 bridgehead atoms. The molecule has 1 rings (SSSR count). The molecule has 2 N–H and O–H groups in total. The molecule has 1 aromatic heterocycles. The van der Waals surface area contributed by atoms with Crippen LogP contribution in [0.4, 0.5) is 19.0 Å². The average Bonchev–Trinajstić information content (AvgIpc) is 2.26. The molecule has 0 spiro atoms. The van der Waals surface area contributed by atoms with E-state index in [2.05, 4.69) is 10.3 Å². The number of aromatic nitrogens is 1. The number of alkyl halides is 3. The average molecular weight is 311 g/mol. The zero-order valence-electron chi connectivity index (χ0n) is 11.0. The zero-order valence-corrected chi connectivity index (χ0v) is 11.8. The van der Waals surface area contributed by atoms with Crippen molar-refractivity contribution in [2.24, 2.45) is 0 Å². The van der Waals surface area contributed by atoms with Crippen LogP contribution in [-0.2, 0) is 10.0 Å². The second kappa shape index (κ2) is 6.40. The highest BCUT2D eigenvalue weighted by molar-refractivity contribution is 7.89. The molecule has 1 unspecified atom stereocenters. The Balaban J connectivity index is 2.94. The molecule has 0 radical (unpaired) electrons. The van der Waals surface area contributed by atoms with Gasteiger partial charge in [0, 0.05) is 18.8 Å². The van der Waals surface area contributed by atoms with Crippen LogP contribution in [0.2, 0.25) is 0 Å². The van der Waals surface area contributed by atoms with Crippen molar-refractivity contribution in [2.45, 2.75) is 37.4 Å². The van der Waals surface area contributed by atoms with Crippen LogP contribution in [0.15, 0.2) is 23.2 Å². The Labute approximate surface area is 115 Å². The van der Waals surface area contributed by atoms with Crippen molar-refractivity contribution >= 4 is 15.8 Å². The first-order valence-electron chi connectivity index (χ1n) is 5.93. The van der Waals surface area contributed by atoms with Gasteiger partial charge in [-0.25, -0.2) is 18.1 Å². The number of rotatable bonds is 6. The van der Waals surface area contributed by atoms with Gasteiger partial charge in [0.15, 0.2) is 0 Å². The number of hydrogen-bond acceptors (Lipinski definition) is 4. The standard InChI is InChI=1S/C11H16F3N3O2S/c1-3-15-10-9(5-4-6-16-10)20(18,19)17-8(2)7-11(12,13)14/h4-6,8,17H,3,7H2,1-2H3,(H,15,16). The molecule has 9 heteroatoms. The maximum atomic E-state index is 12.2. The predicted octanol–water partition coefficient (Wildman–Crippen LogP) is 2.13. The number of halogens is 3. The van der Waals surface area contributed by atoms with E-state index in [1.54, 1.807) is 6.92 Å². The fourth-order valence-corrected chi connectivity index (χ4v) is 3.00. The van der Waals surface area contributed by atoms with Crippen molar-refractivity contribution in [2.75, 3.05) is 11.9 Å². The van der Waals surface area contributed by atoms with Crippen LogP contribution in [0.3, 0.4) is 0 Å². The monoisotopic (exact) mass is 311 g/mol. The van der Waals surface area contributed by atoms with Gasteiger partial charge in [0.25, 0.3) is 0 Å². The smallest absolute Gasteiger partial charge is 0.369 e. The lowest BCUT2D eigenvalue weighted by atomic mass is 10.2. The number of anilines is 1. The van der Waals surface area contributed by atoms with Crippen molar-refractivity contribution < 1.29 is 21.6 Å². The third kappa shape index (κ3) is 4.97. The lowest BCUT2D eigenvalue weighted by Crippen LogP contribution is -2.36. The molecule has 114 valence electrons. The maximum absolute atomic E-state index is 12.2. The lowest BCUT2D eigenvalue weighted by Gasteiger charge is -2.17. The zero-order chi connectivity index (χ0) is 15.4. The van der Waals surface area contributed by atoms with E-state index >= 15 is 0 Å². The number of sulfonamides is 1. The summed E-state index contributed by atoms with van der Waals surface area (Å²) >= 11 is 0. The number of pyridine rings is 1. The predicted molar refractivity (Wildman–Crippen MR) is 68.9 cm³/mol. The third-order valence-corrected chi connectivity index (χ3v) is 3.92. The minimum Gasteiger partial charge on any atom is -0.369 e. The first-order chi connectivity index (χ1) is 9.15. The molecule has 0 aliphatic heterocycles. The van der Waals surface area contributed by atoms with Gasteiger partial charge < -0.3 is 5.32 Å². The highest BCUT2D eigenvalue weighted by atomic mass is 32.2. The van der Waals surface area contributed by atoms with Gasteiger partial charge in [-0.15, -0.1) is 0 Å². The van der Waals surface area contributed by atoms with Gasteiger partial charge in [0.05, 0.1) is 6.42 Å². The lowest BCUT2D eigenvalue weighted by molar-refractivity contribution is -0.137. The molecule has 0 fully saturated rings. The van der Waals surface area contributed by atoms with Crippen molar-refractivity contribution in [3.8, 4) is 0 Å². The van der Waals surface area contributed by atoms with Gasteiger partial charge in [-0.2, -0.15) is 13.2 Å². The van der Waals surface area contributed by atoms with Crippen LogP contribution < -0.4 is 10.0 Å². The van der Waals surface area contributed by atoms with Crippen LogP contribution in [0.25, 0.3) is 0 Å². The van der Waals surface area contributed by atoms with E-state index in [9.17, 15) is 21.6 Å². The van der Waals surface area contributed by atoms with E-state index in [1.165, 1.54) is 18.3 Å². The molecule has 1 heterocycles. The van der Waals surface area contributed by atoms with E-state index in [0.717, 1.165) is 6.92 Å². The number of hydrogen-bond donors (Lipinski definition) is 2. The molecule has 0 saturated carbocycles. The molecular formula is C11H16F3N3O2S. The van der Waals surface area contributed by atoms with E-state index in [1.807, 2.05) is 4.72 Å². The minimum atomic E-state index is -4.43. The summed E-state index contributed by atoms with van der Waals surface area (Å²) in [5.41, 5.74) is 0. The first kappa shape index (κ1) is 16.7. The summed E-state index contributed by atoms with van der Waals surface area (Å²) in [7, 11) is -4.06. The van der Waals surface area contributed by atoms with Gasteiger partial charge >= 0.3 is 6.18 Å². The van der Waals surface area contributed by atoms with Crippen LogP contribution in [0, 0.1) is 0 Å². The molecule has 0 aliphatic carbocycles. The van der Waals surface area contributed by atoms with Crippen molar-refractivity contribution in [1.29, 1.82) is 0 Å². The van der Waals surface area contributed by atoms with E-state index < -0.39 is 28.7 Å². The maximum Gasteiger partial charge on any atom is 0.390 e. The molecule has 20 heavy (non-hydrogen) atoms. The Morgan fingerprint density at radius 1 is 1.40 bits per heavy atom. The first-order valence-corrected chi connectivity index (χ1v) is 7.42. The van der Waals surface area contributed by atoms with Crippen molar-refractivity contribution in [1.82, 2.24) is 9.71 Å². The second-order valence-electron chi connectivity index (χ2n) is 4.22. The number of nitrogens with one attached hydrogen (secondary N) is 2. The normalized spacial score (nSPS) is 14.1. The third-order valence-electron chi connectivity index (χ3n) is 2.30. The second-order valence-corrected chi connectivity index (χ2v) is 5.90. The highest BCUT2D eigenvalue weighted by Gasteiger charge is 2.32. The van der Waals surface area contributed by atoms with Gasteiger partial charge in [0.2, 0.25) is 10.0 Å². The Morgan fingerprint density at radius 2 is 2.05 bits per heavy atom. The number of nitrogens with zero attached hydrogens (tertiary/aromatic N) is 1. The quantitative estimate of drug-likeness (QED) is 0.844. The van der Waals surface area contributed by atoms with E-state index in [-0.39, 0.29) is 10.7 Å². The van der Waals surface area contributed by atoms with Gasteiger partial charge in [-0.1, -0.05) is 0 Å². The molecule has 1 atom stereocenters. The van der Waals surface area contributed by atoms with Gasteiger partial charge in [-0.3, -0.25) is 0 Å². The summed E-state index contributed by atoms with van der Waals surface area (Å²) in [6.07, 6.45) is -4.26. The fraction of sp³-hybridized carbons (Fsp3) is 0.545. The summed E-state index contributed by atoms with van der Waals surface area (Å²) in [5, 5.41) is 2.75. The summed E-state index contributed by atoms with van der Waals surface area (Å²) in [4.78, 5) is 3.69. The molecule has 0 saturated heterocycles. The summed E-state index contributed by atoms with van der Waals surface area (Å²) < 4.78 is 62.8. The van der Waals surface area contributed by atoms with Crippen molar-refractivity contribution in [3.05, 3.63) is 18.3 Å². The van der Waals surface area contributed by atoms with Crippen LogP contribution in [0.5, 0.6) is 0 Å². The molecule has 0 amide bonds. The molecule has 1 aromatic rings.